The molecule has 0 aromatic rings. The van der Waals surface area contributed by atoms with E-state index in [1.165, 1.54) is 32.1 Å². The Balaban J connectivity index is 1.99. The van der Waals surface area contributed by atoms with Crippen LogP contribution in [0.5, 0.6) is 0 Å². The molecule has 0 bridgehead atoms. The fourth-order valence-electron chi connectivity index (χ4n) is 3.31. The first-order valence-electron chi connectivity index (χ1n) is 7.28. The molecule has 98 valence electrons. The van der Waals surface area contributed by atoms with Crippen LogP contribution in [0.15, 0.2) is 0 Å². The van der Waals surface area contributed by atoms with E-state index in [0.29, 0.717) is 17.9 Å². The Bertz CT molecular complexity index is 267. The van der Waals surface area contributed by atoms with E-state index in [4.69, 9.17) is 0 Å². The van der Waals surface area contributed by atoms with Crippen molar-refractivity contribution in [3.8, 4) is 0 Å². The number of carbonyl (C=O) groups excluding carboxylic acids is 1. The Morgan fingerprint density at radius 2 is 2.06 bits per heavy atom. The van der Waals surface area contributed by atoms with Crippen LogP contribution in [0, 0.1) is 5.92 Å². The molecule has 1 saturated heterocycles. The van der Waals surface area contributed by atoms with Crippen LogP contribution in [0.2, 0.25) is 0 Å². The zero-order chi connectivity index (χ0) is 12.3. The van der Waals surface area contributed by atoms with Crippen molar-refractivity contribution >= 4 is 5.91 Å². The topological polar surface area (TPSA) is 32.3 Å². The number of amides is 1. The third-order valence-electron chi connectivity index (χ3n) is 4.38. The molecule has 1 heterocycles. The van der Waals surface area contributed by atoms with E-state index in [0.717, 1.165) is 19.5 Å². The summed E-state index contributed by atoms with van der Waals surface area (Å²) in [6, 6.07) is 0.579. The van der Waals surface area contributed by atoms with Crippen LogP contribution in [0.1, 0.15) is 58.8 Å². The van der Waals surface area contributed by atoms with Crippen LogP contribution >= 0.6 is 0 Å². The summed E-state index contributed by atoms with van der Waals surface area (Å²) in [6.45, 7) is 5.24. The van der Waals surface area contributed by atoms with Crippen LogP contribution in [0.3, 0.4) is 0 Å². The molecular weight excluding hydrogens is 212 g/mol. The van der Waals surface area contributed by atoms with Crippen LogP contribution < -0.4 is 5.32 Å². The number of carbonyl (C=O) groups is 1. The van der Waals surface area contributed by atoms with Crippen LogP contribution in [-0.2, 0) is 4.79 Å². The second kappa shape index (κ2) is 5.85. The zero-order valence-electron chi connectivity index (χ0n) is 11.2. The van der Waals surface area contributed by atoms with Gasteiger partial charge in [0.05, 0.1) is 12.7 Å². The van der Waals surface area contributed by atoms with E-state index in [1.54, 1.807) is 0 Å². The summed E-state index contributed by atoms with van der Waals surface area (Å²) in [4.78, 5) is 14.4. The fourth-order valence-corrected chi connectivity index (χ4v) is 3.31. The lowest BCUT2D eigenvalue weighted by atomic mass is 9.95. The van der Waals surface area contributed by atoms with Gasteiger partial charge in [-0.05, 0) is 25.2 Å². The fraction of sp³-hybridized carbons (Fsp3) is 0.929. The predicted molar refractivity (Wildman–Crippen MR) is 69.6 cm³/mol. The number of hydrogen-bond acceptors (Lipinski definition) is 2. The normalized spacial score (nSPS) is 35.1. The first kappa shape index (κ1) is 12.9. The van der Waals surface area contributed by atoms with E-state index < -0.39 is 0 Å². The number of rotatable bonds is 3. The lowest BCUT2D eigenvalue weighted by molar-refractivity contribution is -0.132. The molecule has 1 aliphatic carbocycles. The van der Waals surface area contributed by atoms with Gasteiger partial charge in [-0.15, -0.1) is 0 Å². The zero-order valence-corrected chi connectivity index (χ0v) is 11.2. The van der Waals surface area contributed by atoms with E-state index in [-0.39, 0.29) is 6.04 Å². The van der Waals surface area contributed by atoms with Crippen molar-refractivity contribution in [3.63, 3.8) is 0 Å². The molecule has 1 amide bonds. The van der Waals surface area contributed by atoms with E-state index >= 15 is 0 Å². The predicted octanol–water partition coefficient (Wildman–Crippen LogP) is 2.51. The molecule has 3 unspecified atom stereocenters. The molecule has 0 aromatic heterocycles. The van der Waals surface area contributed by atoms with Crippen molar-refractivity contribution < 1.29 is 4.79 Å². The third kappa shape index (κ3) is 2.82. The Morgan fingerprint density at radius 1 is 1.29 bits per heavy atom. The summed E-state index contributed by atoms with van der Waals surface area (Å²) in [5.41, 5.74) is 0. The standard InChI is InChI=1S/C14H26N2O/c1-3-7-12-14(17)16(10-15-12)13-9-6-4-5-8-11(13)2/h11-13,15H,3-10H2,1-2H3. The molecule has 2 rings (SSSR count). The third-order valence-corrected chi connectivity index (χ3v) is 4.38. The minimum absolute atomic E-state index is 0.0930. The molecule has 0 aromatic carbocycles. The molecule has 2 aliphatic rings. The quantitative estimate of drug-likeness (QED) is 0.766. The second-order valence-electron chi connectivity index (χ2n) is 5.69. The number of hydrogen-bond donors (Lipinski definition) is 1. The summed E-state index contributed by atoms with van der Waals surface area (Å²) < 4.78 is 0. The average Bonchev–Trinajstić information content (AvgIpc) is 2.54. The lowest BCUT2D eigenvalue weighted by Gasteiger charge is -2.31. The summed E-state index contributed by atoms with van der Waals surface area (Å²) in [5, 5.41) is 3.37. The van der Waals surface area contributed by atoms with Gasteiger partial charge >= 0.3 is 0 Å². The highest BCUT2D eigenvalue weighted by atomic mass is 16.2. The minimum Gasteiger partial charge on any atom is -0.325 e. The van der Waals surface area contributed by atoms with E-state index in [1.807, 2.05) is 0 Å². The molecule has 0 radical (unpaired) electrons. The minimum atomic E-state index is 0.0930. The van der Waals surface area contributed by atoms with Gasteiger partial charge in [-0.1, -0.05) is 39.5 Å². The smallest absolute Gasteiger partial charge is 0.241 e. The van der Waals surface area contributed by atoms with Gasteiger partial charge in [0, 0.05) is 6.04 Å². The van der Waals surface area contributed by atoms with Crippen molar-refractivity contribution in [1.29, 1.82) is 0 Å². The molecule has 3 nitrogen and oxygen atoms in total. The lowest BCUT2D eigenvalue weighted by Crippen LogP contribution is -2.42. The molecular formula is C14H26N2O. The highest BCUT2D eigenvalue weighted by molar-refractivity contribution is 5.84. The summed E-state index contributed by atoms with van der Waals surface area (Å²) in [6.07, 6.45) is 8.52. The van der Waals surface area contributed by atoms with E-state index in [2.05, 4.69) is 24.1 Å². The van der Waals surface area contributed by atoms with Crippen molar-refractivity contribution in [1.82, 2.24) is 10.2 Å². The van der Waals surface area contributed by atoms with Gasteiger partial charge < -0.3 is 4.90 Å². The average molecular weight is 238 g/mol. The molecule has 17 heavy (non-hydrogen) atoms. The molecule has 1 saturated carbocycles. The summed E-state index contributed by atoms with van der Waals surface area (Å²) >= 11 is 0. The maximum absolute atomic E-state index is 12.3. The Hall–Kier alpha value is -0.570. The van der Waals surface area contributed by atoms with Crippen LogP contribution in [-0.4, -0.2) is 29.6 Å². The largest absolute Gasteiger partial charge is 0.325 e. The first-order chi connectivity index (χ1) is 8.24. The van der Waals surface area contributed by atoms with Gasteiger partial charge in [0.2, 0.25) is 5.91 Å². The van der Waals surface area contributed by atoms with Crippen LogP contribution in [0.4, 0.5) is 0 Å². The van der Waals surface area contributed by atoms with Crippen molar-refractivity contribution in [3.05, 3.63) is 0 Å². The molecule has 2 fully saturated rings. The molecule has 3 heteroatoms. The Labute approximate surface area is 105 Å². The summed E-state index contributed by atoms with van der Waals surface area (Å²) in [5.74, 6) is 1.02. The summed E-state index contributed by atoms with van der Waals surface area (Å²) in [7, 11) is 0. The van der Waals surface area contributed by atoms with Gasteiger partial charge in [-0.3, -0.25) is 10.1 Å². The highest BCUT2D eigenvalue weighted by Gasteiger charge is 2.37. The molecule has 1 N–H and O–H groups in total. The highest BCUT2D eigenvalue weighted by Crippen LogP contribution is 2.28. The number of nitrogens with one attached hydrogen (secondary N) is 1. The van der Waals surface area contributed by atoms with Crippen LogP contribution in [0.25, 0.3) is 0 Å². The van der Waals surface area contributed by atoms with Crippen molar-refractivity contribution in [2.75, 3.05) is 6.67 Å². The Morgan fingerprint density at radius 3 is 2.82 bits per heavy atom. The molecule has 1 aliphatic heterocycles. The monoisotopic (exact) mass is 238 g/mol. The van der Waals surface area contributed by atoms with E-state index in [9.17, 15) is 4.79 Å². The first-order valence-corrected chi connectivity index (χ1v) is 7.28. The Kier molecular flexibility index (Phi) is 4.43. The van der Waals surface area contributed by atoms with Crippen molar-refractivity contribution in [2.45, 2.75) is 70.9 Å². The molecule has 3 atom stereocenters. The SMILES string of the molecule is CCCC1NCN(C2CCCCCC2C)C1=O. The van der Waals surface area contributed by atoms with Gasteiger partial charge in [-0.2, -0.15) is 0 Å². The van der Waals surface area contributed by atoms with Gasteiger partial charge in [-0.25, -0.2) is 0 Å². The van der Waals surface area contributed by atoms with Gasteiger partial charge in [0.1, 0.15) is 0 Å². The van der Waals surface area contributed by atoms with Gasteiger partial charge in [0.25, 0.3) is 0 Å². The van der Waals surface area contributed by atoms with Crippen molar-refractivity contribution in [2.24, 2.45) is 5.92 Å². The maximum atomic E-state index is 12.3. The van der Waals surface area contributed by atoms with Gasteiger partial charge in [0.15, 0.2) is 0 Å². The number of nitrogens with zero attached hydrogens (tertiary/aromatic N) is 1. The molecule has 0 spiro atoms. The second-order valence-corrected chi connectivity index (χ2v) is 5.69. The maximum Gasteiger partial charge on any atom is 0.241 e.